The molecule has 0 aliphatic carbocycles. The molecule has 2 unspecified atom stereocenters. The largest absolute Gasteiger partial charge is 0.374 e. The fraction of sp³-hybridized carbons (Fsp3) is 1.00. The highest BCUT2D eigenvalue weighted by molar-refractivity contribution is 7.51. The van der Waals surface area contributed by atoms with E-state index in [9.17, 15) is 4.89 Å². The molecule has 2 heteroatoms. The van der Waals surface area contributed by atoms with Crippen molar-refractivity contribution in [2.24, 2.45) is 5.92 Å². The van der Waals surface area contributed by atoms with Crippen LogP contribution in [0.2, 0.25) is 0 Å². The Morgan fingerprint density at radius 2 is 2.44 bits per heavy atom. The minimum absolute atomic E-state index is 0.516. The normalized spacial score (nSPS) is 35.3. The van der Waals surface area contributed by atoms with Crippen molar-refractivity contribution in [2.75, 3.05) is 12.3 Å². The third-order valence-corrected chi connectivity index (χ3v) is 3.67. The molecule has 1 heterocycles. The van der Waals surface area contributed by atoms with Crippen LogP contribution in [0.3, 0.4) is 0 Å². The molecule has 1 aliphatic heterocycles. The van der Waals surface area contributed by atoms with Crippen molar-refractivity contribution in [1.29, 1.82) is 0 Å². The van der Waals surface area contributed by atoms with Crippen LogP contribution in [-0.2, 0) is 0 Å². The minimum atomic E-state index is -0.516. The summed E-state index contributed by atoms with van der Waals surface area (Å²) < 4.78 is 0. The number of rotatable bonds is 2. The van der Waals surface area contributed by atoms with Crippen LogP contribution in [0.1, 0.15) is 26.2 Å². The summed E-state index contributed by atoms with van der Waals surface area (Å²) in [4.78, 5) is 9.19. The molecule has 0 aromatic carbocycles. The second-order valence-corrected chi connectivity index (χ2v) is 4.68. The summed E-state index contributed by atoms with van der Waals surface area (Å²) in [7, 11) is -0.516. The highest BCUT2D eigenvalue weighted by Crippen LogP contribution is 2.43. The summed E-state index contributed by atoms with van der Waals surface area (Å²) in [5.41, 5.74) is 0. The molecule has 54 valence electrons. The summed E-state index contributed by atoms with van der Waals surface area (Å²) in [6.07, 6.45) is 6.15. The molecule has 1 saturated heterocycles. The lowest BCUT2D eigenvalue weighted by molar-refractivity contribution is 0.535. The molecule has 0 bridgehead atoms. The molecular weight excluding hydrogens is 131 g/mol. The van der Waals surface area contributed by atoms with Crippen molar-refractivity contribution in [3.05, 3.63) is 0 Å². The average Bonchev–Trinajstić information content (AvgIpc) is 2.17. The van der Waals surface area contributed by atoms with E-state index in [1.165, 1.54) is 19.3 Å². The molecule has 1 N–H and O–H groups in total. The molecule has 9 heavy (non-hydrogen) atoms. The first kappa shape index (κ1) is 7.50. The summed E-state index contributed by atoms with van der Waals surface area (Å²) in [6.45, 7) is 2.22. The van der Waals surface area contributed by atoms with Gasteiger partial charge in [-0.1, -0.05) is 19.8 Å². The number of hydrogen-bond acceptors (Lipinski definition) is 1. The Morgan fingerprint density at radius 1 is 1.67 bits per heavy atom. The van der Waals surface area contributed by atoms with Crippen molar-refractivity contribution in [2.45, 2.75) is 26.2 Å². The van der Waals surface area contributed by atoms with Gasteiger partial charge in [-0.15, -0.1) is 0 Å². The topological polar surface area (TPSA) is 20.2 Å². The molecule has 1 fully saturated rings. The van der Waals surface area contributed by atoms with E-state index in [1.54, 1.807) is 0 Å². The van der Waals surface area contributed by atoms with Gasteiger partial charge in [-0.3, -0.25) is 0 Å². The predicted octanol–water partition coefficient (Wildman–Crippen LogP) is 2.20. The maximum atomic E-state index is 9.19. The Hall–Kier alpha value is 0.390. The molecule has 2 atom stereocenters. The summed E-state index contributed by atoms with van der Waals surface area (Å²) in [5, 5.41) is 0. The second kappa shape index (κ2) is 3.53. The molecule has 1 aliphatic rings. The van der Waals surface area contributed by atoms with Crippen LogP contribution in [0, 0.1) is 5.92 Å². The Bertz CT molecular complexity index is 83.0. The average molecular weight is 146 g/mol. The summed E-state index contributed by atoms with van der Waals surface area (Å²) >= 11 is 0. The minimum Gasteiger partial charge on any atom is -0.374 e. The van der Waals surface area contributed by atoms with Crippen molar-refractivity contribution in [1.82, 2.24) is 0 Å². The van der Waals surface area contributed by atoms with Crippen LogP contribution in [0.5, 0.6) is 0 Å². The smallest absolute Gasteiger partial charge is 0.0254 e. The zero-order chi connectivity index (χ0) is 6.69. The predicted molar refractivity (Wildman–Crippen MR) is 41.9 cm³/mol. The molecule has 0 saturated carbocycles. The molecule has 0 radical (unpaired) electrons. The SMILES string of the molecule is CCCC1CCP(O)C1. The molecule has 1 nitrogen and oxygen atoms in total. The van der Waals surface area contributed by atoms with Crippen LogP contribution >= 0.6 is 8.15 Å². The van der Waals surface area contributed by atoms with Gasteiger partial charge in [-0.05, 0) is 24.7 Å². The van der Waals surface area contributed by atoms with E-state index in [0.717, 1.165) is 18.2 Å². The van der Waals surface area contributed by atoms with E-state index in [4.69, 9.17) is 0 Å². The van der Waals surface area contributed by atoms with Gasteiger partial charge in [0.05, 0.1) is 0 Å². The third-order valence-electron chi connectivity index (χ3n) is 1.96. The van der Waals surface area contributed by atoms with Gasteiger partial charge in [0.15, 0.2) is 0 Å². The van der Waals surface area contributed by atoms with Gasteiger partial charge in [-0.25, -0.2) is 0 Å². The van der Waals surface area contributed by atoms with Crippen LogP contribution < -0.4 is 0 Å². The van der Waals surface area contributed by atoms with Gasteiger partial charge < -0.3 is 4.89 Å². The van der Waals surface area contributed by atoms with Gasteiger partial charge in [0.2, 0.25) is 0 Å². The summed E-state index contributed by atoms with van der Waals surface area (Å²) in [5.74, 6) is 0.867. The zero-order valence-corrected chi connectivity index (χ0v) is 6.90. The Balaban J connectivity index is 2.14. The quantitative estimate of drug-likeness (QED) is 0.592. The Kier molecular flexibility index (Phi) is 2.94. The molecular formula is C7H15OP. The van der Waals surface area contributed by atoms with Crippen molar-refractivity contribution < 1.29 is 4.89 Å². The Labute approximate surface area is 58.3 Å². The van der Waals surface area contributed by atoms with Gasteiger partial charge in [0.25, 0.3) is 0 Å². The maximum Gasteiger partial charge on any atom is 0.0254 e. The standard InChI is InChI=1S/C7H15OP/c1-2-3-7-4-5-9(8)6-7/h7-8H,2-6H2,1H3. The first-order chi connectivity index (χ1) is 4.33. The van der Waals surface area contributed by atoms with Crippen molar-refractivity contribution in [3.8, 4) is 0 Å². The maximum absolute atomic E-state index is 9.19. The fourth-order valence-corrected chi connectivity index (χ4v) is 3.26. The Morgan fingerprint density at radius 3 is 2.89 bits per heavy atom. The monoisotopic (exact) mass is 146 g/mol. The van der Waals surface area contributed by atoms with Gasteiger partial charge in [-0.2, -0.15) is 0 Å². The van der Waals surface area contributed by atoms with Crippen LogP contribution in [0.15, 0.2) is 0 Å². The molecule has 0 amide bonds. The van der Waals surface area contributed by atoms with Gasteiger partial charge in [0, 0.05) is 8.15 Å². The van der Waals surface area contributed by atoms with E-state index in [1.807, 2.05) is 0 Å². The lowest BCUT2D eigenvalue weighted by atomic mass is 10.0. The van der Waals surface area contributed by atoms with Crippen LogP contribution in [0.4, 0.5) is 0 Å². The van der Waals surface area contributed by atoms with Crippen molar-refractivity contribution >= 4 is 8.15 Å². The highest BCUT2D eigenvalue weighted by atomic mass is 31.1. The van der Waals surface area contributed by atoms with Gasteiger partial charge in [0.1, 0.15) is 0 Å². The third kappa shape index (κ3) is 2.23. The lowest BCUT2D eigenvalue weighted by Gasteiger charge is -2.04. The first-order valence-electron chi connectivity index (χ1n) is 3.76. The molecule has 0 aromatic heterocycles. The second-order valence-electron chi connectivity index (χ2n) is 2.86. The van der Waals surface area contributed by atoms with Gasteiger partial charge >= 0.3 is 0 Å². The number of hydrogen-bond donors (Lipinski definition) is 1. The van der Waals surface area contributed by atoms with E-state index in [-0.39, 0.29) is 0 Å². The van der Waals surface area contributed by atoms with Crippen LogP contribution in [-0.4, -0.2) is 17.2 Å². The molecule has 1 rings (SSSR count). The highest BCUT2D eigenvalue weighted by Gasteiger charge is 2.21. The van der Waals surface area contributed by atoms with Crippen LogP contribution in [0.25, 0.3) is 0 Å². The first-order valence-corrected chi connectivity index (χ1v) is 5.43. The van der Waals surface area contributed by atoms with E-state index < -0.39 is 8.15 Å². The zero-order valence-electron chi connectivity index (χ0n) is 6.01. The van der Waals surface area contributed by atoms with E-state index in [2.05, 4.69) is 6.92 Å². The van der Waals surface area contributed by atoms with E-state index in [0.29, 0.717) is 0 Å². The lowest BCUT2D eigenvalue weighted by Crippen LogP contribution is -1.95. The van der Waals surface area contributed by atoms with E-state index >= 15 is 0 Å². The summed E-state index contributed by atoms with van der Waals surface area (Å²) in [6, 6.07) is 0. The molecule has 0 spiro atoms. The fourth-order valence-electron chi connectivity index (χ4n) is 1.46. The van der Waals surface area contributed by atoms with Crippen molar-refractivity contribution in [3.63, 3.8) is 0 Å². The molecule has 0 aromatic rings.